The Labute approximate surface area is 83.5 Å². The van der Waals surface area contributed by atoms with E-state index in [1.54, 1.807) is 0 Å². The van der Waals surface area contributed by atoms with Crippen LogP contribution in [0.1, 0.15) is 11.1 Å². The molecule has 0 saturated carbocycles. The van der Waals surface area contributed by atoms with Crippen LogP contribution in [0.25, 0.3) is 6.08 Å². The van der Waals surface area contributed by atoms with Crippen LogP contribution in [0, 0.1) is 5.41 Å². The average Bonchev–Trinajstić information content (AvgIpc) is 2.28. The lowest BCUT2D eigenvalue weighted by atomic mass is 9.77. The fourth-order valence-corrected chi connectivity index (χ4v) is 1.83. The molecular formula is C12H14O2. The maximum atomic E-state index is 9.26. The van der Waals surface area contributed by atoms with E-state index in [9.17, 15) is 10.2 Å². The van der Waals surface area contributed by atoms with E-state index in [4.69, 9.17) is 0 Å². The largest absolute Gasteiger partial charge is 0.395 e. The molecule has 0 heterocycles. The molecule has 1 aromatic rings. The summed E-state index contributed by atoms with van der Waals surface area (Å²) < 4.78 is 0. The molecule has 0 radical (unpaired) electrons. The molecule has 0 unspecified atom stereocenters. The Morgan fingerprint density at radius 3 is 2.57 bits per heavy atom. The molecule has 74 valence electrons. The third-order valence-corrected chi connectivity index (χ3v) is 2.84. The second-order valence-electron chi connectivity index (χ2n) is 3.89. The summed E-state index contributed by atoms with van der Waals surface area (Å²) >= 11 is 0. The van der Waals surface area contributed by atoms with Crippen molar-refractivity contribution in [2.45, 2.75) is 6.42 Å². The highest BCUT2D eigenvalue weighted by Crippen LogP contribution is 2.31. The van der Waals surface area contributed by atoms with E-state index in [0.717, 1.165) is 0 Å². The van der Waals surface area contributed by atoms with Crippen molar-refractivity contribution in [1.82, 2.24) is 0 Å². The zero-order chi connectivity index (χ0) is 10.0. The Kier molecular flexibility index (Phi) is 2.40. The van der Waals surface area contributed by atoms with Crippen molar-refractivity contribution in [3.05, 3.63) is 41.5 Å². The van der Waals surface area contributed by atoms with Gasteiger partial charge in [-0.05, 0) is 17.5 Å². The molecule has 0 aromatic heterocycles. The van der Waals surface area contributed by atoms with Gasteiger partial charge in [0.1, 0.15) is 0 Å². The number of hydrogen-bond acceptors (Lipinski definition) is 2. The van der Waals surface area contributed by atoms with Gasteiger partial charge in [0, 0.05) is 5.41 Å². The van der Waals surface area contributed by atoms with Crippen LogP contribution in [0.5, 0.6) is 0 Å². The van der Waals surface area contributed by atoms with E-state index < -0.39 is 5.41 Å². The highest BCUT2D eigenvalue weighted by molar-refractivity contribution is 5.57. The lowest BCUT2D eigenvalue weighted by Crippen LogP contribution is -2.31. The van der Waals surface area contributed by atoms with E-state index in [0.29, 0.717) is 6.42 Å². The van der Waals surface area contributed by atoms with Gasteiger partial charge >= 0.3 is 0 Å². The molecule has 14 heavy (non-hydrogen) atoms. The second-order valence-corrected chi connectivity index (χ2v) is 3.89. The fraction of sp³-hybridized carbons (Fsp3) is 0.333. The van der Waals surface area contributed by atoms with Crippen LogP contribution in [0.3, 0.4) is 0 Å². The standard InChI is InChI=1S/C12H14O2/c13-8-12(9-14)6-5-10-3-1-2-4-11(10)7-12/h1-6,13-14H,7-9H2. The molecule has 1 aliphatic carbocycles. The number of aliphatic hydroxyl groups excluding tert-OH is 2. The molecule has 0 fully saturated rings. The van der Waals surface area contributed by atoms with E-state index in [2.05, 4.69) is 0 Å². The summed E-state index contributed by atoms with van der Waals surface area (Å²) in [5, 5.41) is 18.5. The molecule has 0 saturated heterocycles. The lowest BCUT2D eigenvalue weighted by Gasteiger charge is -2.30. The van der Waals surface area contributed by atoms with Gasteiger partial charge in [-0.25, -0.2) is 0 Å². The molecule has 2 N–H and O–H groups in total. The predicted octanol–water partition coefficient (Wildman–Crippen LogP) is 1.23. The van der Waals surface area contributed by atoms with Crippen LogP contribution in [-0.2, 0) is 6.42 Å². The van der Waals surface area contributed by atoms with Gasteiger partial charge in [-0.1, -0.05) is 36.4 Å². The Morgan fingerprint density at radius 1 is 1.14 bits per heavy atom. The maximum absolute atomic E-state index is 9.26. The summed E-state index contributed by atoms with van der Waals surface area (Å²) in [6.07, 6.45) is 4.60. The summed E-state index contributed by atoms with van der Waals surface area (Å²) in [6.45, 7) is -0.0112. The Hall–Kier alpha value is -1.12. The quantitative estimate of drug-likeness (QED) is 0.736. The van der Waals surface area contributed by atoms with Gasteiger partial charge in [0.2, 0.25) is 0 Å². The third-order valence-electron chi connectivity index (χ3n) is 2.84. The van der Waals surface area contributed by atoms with E-state index in [1.807, 2.05) is 36.4 Å². The first kappa shape index (κ1) is 9.44. The lowest BCUT2D eigenvalue weighted by molar-refractivity contribution is 0.0933. The van der Waals surface area contributed by atoms with Gasteiger partial charge < -0.3 is 10.2 Å². The molecule has 1 aromatic carbocycles. The molecule has 0 aliphatic heterocycles. The number of hydrogen-bond donors (Lipinski definition) is 2. The second kappa shape index (κ2) is 3.56. The van der Waals surface area contributed by atoms with Crippen LogP contribution in [0.4, 0.5) is 0 Å². The van der Waals surface area contributed by atoms with Crippen LogP contribution in [0.15, 0.2) is 30.3 Å². The monoisotopic (exact) mass is 190 g/mol. The van der Waals surface area contributed by atoms with Crippen LogP contribution in [0.2, 0.25) is 0 Å². The van der Waals surface area contributed by atoms with Gasteiger partial charge in [0.25, 0.3) is 0 Å². The van der Waals surface area contributed by atoms with Gasteiger partial charge in [0.05, 0.1) is 13.2 Å². The van der Waals surface area contributed by atoms with E-state index in [-0.39, 0.29) is 13.2 Å². The number of rotatable bonds is 2. The van der Waals surface area contributed by atoms with Crippen molar-refractivity contribution < 1.29 is 10.2 Å². The predicted molar refractivity (Wildman–Crippen MR) is 55.8 cm³/mol. The van der Waals surface area contributed by atoms with Crippen molar-refractivity contribution in [2.24, 2.45) is 5.41 Å². The molecule has 2 heteroatoms. The van der Waals surface area contributed by atoms with Crippen LogP contribution in [-0.4, -0.2) is 23.4 Å². The minimum atomic E-state index is -0.464. The van der Waals surface area contributed by atoms with Gasteiger partial charge in [-0.15, -0.1) is 0 Å². The first-order valence-electron chi connectivity index (χ1n) is 4.78. The minimum absolute atomic E-state index is 0.00562. The molecular weight excluding hydrogens is 176 g/mol. The Balaban J connectivity index is 2.37. The maximum Gasteiger partial charge on any atom is 0.0547 e. The Morgan fingerprint density at radius 2 is 1.86 bits per heavy atom. The summed E-state index contributed by atoms with van der Waals surface area (Å²) in [5.41, 5.74) is 1.91. The van der Waals surface area contributed by atoms with Gasteiger partial charge in [-0.2, -0.15) is 0 Å². The summed E-state index contributed by atoms with van der Waals surface area (Å²) in [4.78, 5) is 0. The van der Waals surface area contributed by atoms with E-state index >= 15 is 0 Å². The molecule has 2 nitrogen and oxygen atoms in total. The number of benzene rings is 1. The number of aliphatic hydroxyl groups is 2. The summed E-state index contributed by atoms with van der Waals surface area (Å²) in [7, 11) is 0. The minimum Gasteiger partial charge on any atom is -0.395 e. The van der Waals surface area contributed by atoms with Crippen molar-refractivity contribution in [1.29, 1.82) is 0 Å². The molecule has 0 spiro atoms. The first-order chi connectivity index (χ1) is 6.79. The molecule has 0 atom stereocenters. The zero-order valence-corrected chi connectivity index (χ0v) is 7.98. The van der Waals surface area contributed by atoms with Gasteiger partial charge in [0.15, 0.2) is 0 Å². The normalized spacial score (nSPS) is 17.9. The highest BCUT2D eigenvalue weighted by Gasteiger charge is 2.29. The highest BCUT2D eigenvalue weighted by atomic mass is 16.3. The molecule has 0 bridgehead atoms. The van der Waals surface area contributed by atoms with Crippen LogP contribution < -0.4 is 0 Å². The Bertz CT molecular complexity index is 351. The number of fused-ring (bicyclic) bond motifs is 1. The topological polar surface area (TPSA) is 40.5 Å². The average molecular weight is 190 g/mol. The van der Waals surface area contributed by atoms with Crippen LogP contribution >= 0.6 is 0 Å². The molecule has 0 amide bonds. The smallest absolute Gasteiger partial charge is 0.0547 e. The molecule has 1 aliphatic rings. The SMILES string of the molecule is OCC1(CO)C=Cc2ccccc2C1. The van der Waals surface area contributed by atoms with Crippen molar-refractivity contribution >= 4 is 6.08 Å². The van der Waals surface area contributed by atoms with Crippen molar-refractivity contribution in [3.63, 3.8) is 0 Å². The summed E-state index contributed by atoms with van der Waals surface area (Å²) in [5.74, 6) is 0. The third kappa shape index (κ3) is 1.47. The zero-order valence-electron chi connectivity index (χ0n) is 7.98. The fourth-order valence-electron chi connectivity index (χ4n) is 1.83. The van der Waals surface area contributed by atoms with E-state index in [1.165, 1.54) is 11.1 Å². The van der Waals surface area contributed by atoms with Gasteiger partial charge in [-0.3, -0.25) is 0 Å². The first-order valence-corrected chi connectivity index (χ1v) is 4.78. The van der Waals surface area contributed by atoms with Crippen molar-refractivity contribution in [2.75, 3.05) is 13.2 Å². The summed E-state index contributed by atoms with van der Waals surface area (Å²) in [6, 6.07) is 8.06. The van der Waals surface area contributed by atoms with Crippen molar-refractivity contribution in [3.8, 4) is 0 Å². The molecule has 2 rings (SSSR count).